The van der Waals surface area contributed by atoms with E-state index in [9.17, 15) is 13.2 Å². The molecule has 2 aliphatic rings. The Balaban J connectivity index is 1.89. The van der Waals surface area contributed by atoms with Crippen LogP contribution in [0.25, 0.3) is 0 Å². The van der Waals surface area contributed by atoms with Crippen molar-refractivity contribution in [1.29, 1.82) is 0 Å². The summed E-state index contributed by atoms with van der Waals surface area (Å²) in [5, 5.41) is 3.29. The quantitative estimate of drug-likeness (QED) is 0.825. The van der Waals surface area contributed by atoms with E-state index in [4.69, 9.17) is 0 Å². The molecule has 2 nitrogen and oxygen atoms in total. The van der Waals surface area contributed by atoms with Crippen molar-refractivity contribution < 1.29 is 13.2 Å². The fourth-order valence-electron chi connectivity index (χ4n) is 3.20. The zero-order valence-corrected chi connectivity index (χ0v) is 11.0. The molecular weight excluding hydrogens is 241 g/mol. The van der Waals surface area contributed by atoms with Crippen LogP contribution < -0.4 is 5.32 Å². The highest BCUT2D eigenvalue weighted by atomic mass is 19.4. The molecular formula is C13H23F3N2. The summed E-state index contributed by atoms with van der Waals surface area (Å²) in [6.45, 7) is 1.97. The Hall–Kier alpha value is -0.290. The Kier molecular flexibility index (Phi) is 4.54. The van der Waals surface area contributed by atoms with Crippen LogP contribution in [0, 0.1) is 5.92 Å². The molecule has 0 aromatic rings. The van der Waals surface area contributed by atoms with E-state index in [2.05, 4.69) is 17.3 Å². The van der Waals surface area contributed by atoms with Crippen molar-refractivity contribution in [2.24, 2.45) is 5.92 Å². The average Bonchev–Trinajstić information content (AvgIpc) is 2.31. The fraction of sp³-hybridized carbons (Fsp3) is 1.00. The van der Waals surface area contributed by atoms with E-state index >= 15 is 0 Å². The molecule has 0 amide bonds. The van der Waals surface area contributed by atoms with Crippen molar-refractivity contribution in [3.63, 3.8) is 0 Å². The van der Waals surface area contributed by atoms with E-state index in [-0.39, 0.29) is 12.1 Å². The Morgan fingerprint density at radius 3 is 2.22 bits per heavy atom. The van der Waals surface area contributed by atoms with Gasteiger partial charge < -0.3 is 10.2 Å². The second-order valence-electron chi connectivity index (χ2n) is 5.78. The van der Waals surface area contributed by atoms with Crippen molar-refractivity contribution in [2.45, 2.75) is 56.8 Å². The van der Waals surface area contributed by atoms with Gasteiger partial charge in [0, 0.05) is 12.1 Å². The van der Waals surface area contributed by atoms with Crippen LogP contribution in [0.3, 0.4) is 0 Å². The lowest BCUT2D eigenvalue weighted by atomic mass is 9.83. The topological polar surface area (TPSA) is 15.3 Å². The van der Waals surface area contributed by atoms with Gasteiger partial charge in [-0.2, -0.15) is 13.2 Å². The molecule has 1 N–H and O–H groups in total. The molecule has 5 heteroatoms. The normalized spacial score (nSPS) is 32.7. The molecule has 0 spiro atoms. The molecule has 2 atom stereocenters. The van der Waals surface area contributed by atoms with E-state index < -0.39 is 12.1 Å². The van der Waals surface area contributed by atoms with Gasteiger partial charge in [0.1, 0.15) is 0 Å². The van der Waals surface area contributed by atoms with Crippen LogP contribution in [-0.4, -0.2) is 43.3 Å². The van der Waals surface area contributed by atoms with Gasteiger partial charge in [0.05, 0.1) is 5.92 Å². The number of nitrogens with zero attached hydrogens (tertiary/aromatic N) is 1. The summed E-state index contributed by atoms with van der Waals surface area (Å²) in [6, 6.07) is -0.0821. The van der Waals surface area contributed by atoms with Gasteiger partial charge in [-0.05, 0) is 45.8 Å². The first-order chi connectivity index (χ1) is 8.47. The smallest absolute Gasteiger partial charge is 0.311 e. The molecule has 106 valence electrons. The minimum atomic E-state index is -4.04. The van der Waals surface area contributed by atoms with E-state index in [0.717, 1.165) is 38.8 Å². The van der Waals surface area contributed by atoms with Crippen molar-refractivity contribution in [2.75, 3.05) is 20.1 Å². The predicted octanol–water partition coefficient (Wildman–Crippen LogP) is 2.79. The number of likely N-dealkylation sites (tertiary alicyclic amines) is 1. The lowest BCUT2D eigenvalue weighted by Crippen LogP contribution is -2.51. The number of hydrogen-bond acceptors (Lipinski definition) is 2. The molecule has 1 saturated carbocycles. The largest absolute Gasteiger partial charge is 0.393 e. The van der Waals surface area contributed by atoms with Crippen molar-refractivity contribution >= 4 is 0 Å². The lowest BCUT2D eigenvalue weighted by Gasteiger charge is -2.38. The summed E-state index contributed by atoms with van der Waals surface area (Å²) in [5.74, 6) is -1.13. The summed E-state index contributed by atoms with van der Waals surface area (Å²) in [4.78, 5) is 2.24. The Morgan fingerprint density at radius 1 is 1.00 bits per heavy atom. The Morgan fingerprint density at radius 2 is 1.61 bits per heavy atom. The molecule has 1 aliphatic heterocycles. The average molecular weight is 264 g/mol. The highest BCUT2D eigenvalue weighted by Gasteiger charge is 2.45. The maximum atomic E-state index is 13.0. The molecule has 1 heterocycles. The van der Waals surface area contributed by atoms with E-state index in [1.807, 2.05) is 0 Å². The minimum absolute atomic E-state index is 0.272. The van der Waals surface area contributed by atoms with Gasteiger partial charge >= 0.3 is 6.18 Å². The predicted molar refractivity (Wildman–Crippen MR) is 65.5 cm³/mol. The van der Waals surface area contributed by atoms with Crippen molar-refractivity contribution in [3.8, 4) is 0 Å². The molecule has 1 saturated heterocycles. The van der Waals surface area contributed by atoms with Gasteiger partial charge in [0.15, 0.2) is 0 Å². The third-order valence-corrected chi connectivity index (χ3v) is 4.35. The maximum absolute atomic E-state index is 13.0. The number of piperidine rings is 1. The van der Waals surface area contributed by atoms with Crippen LogP contribution in [-0.2, 0) is 0 Å². The van der Waals surface area contributed by atoms with Crippen LogP contribution in [0.4, 0.5) is 13.2 Å². The number of rotatable bonds is 2. The Bertz CT molecular complexity index is 259. The molecule has 2 fully saturated rings. The number of halogens is 3. The van der Waals surface area contributed by atoms with Crippen LogP contribution in [0.15, 0.2) is 0 Å². The Labute approximate surface area is 107 Å². The number of nitrogens with one attached hydrogen (secondary N) is 1. The van der Waals surface area contributed by atoms with Crippen LogP contribution >= 0.6 is 0 Å². The summed E-state index contributed by atoms with van der Waals surface area (Å²) >= 11 is 0. The monoisotopic (exact) mass is 264 g/mol. The molecule has 2 unspecified atom stereocenters. The van der Waals surface area contributed by atoms with Crippen molar-refractivity contribution in [1.82, 2.24) is 10.2 Å². The summed E-state index contributed by atoms with van der Waals surface area (Å²) < 4.78 is 38.9. The van der Waals surface area contributed by atoms with E-state index in [1.165, 1.54) is 0 Å². The van der Waals surface area contributed by atoms with Gasteiger partial charge in [0.25, 0.3) is 0 Å². The first-order valence-electron chi connectivity index (χ1n) is 6.98. The molecule has 0 radical (unpaired) electrons. The minimum Gasteiger partial charge on any atom is -0.311 e. The number of hydrogen-bond donors (Lipinski definition) is 1. The SMILES string of the molecule is CN1CCC(NC2CCCCC2C(F)(F)F)CC1. The van der Waals surface area contributed by atoms with E-state index in [0.29, 0.717) is 12.8 Å². The molecule has 2 rings (SSSR count). The van der Waals surface area contributed by atoms with Gasteiger partial charge in [-0.3, -0.25) is 0 Å². The molecule has 0 bridgehead atoms. The summed E-state index contributed by atoms with van der Waals surface area (Å²) in [6.07, 6.45) is 0.523. The second kappa shape index (κ2) is 5.78. The highest BCUT2D eigenvalue weighted by molar-refractivity contribution is 4.89. The van der Waals surface area contributed by atoms with Crippen LogP contribution in [0.2, 0.25) is 0 Å². The van der Waals surface area contributed by atoms with Crippen molar-refractivity contribution in [3.05, 3.63) is 0 Å². The number of alkyl halides is 3. The summed E-state index contributed by atoms with van der Waals surface area (Å²) in [7, 11) is 2.06. The standard InChI is InChI=1S/C13H23F3N2/c1-18-8-6-10(7-9-18)17-12-5-3-2-4-11(12)13(14,15)16/h10-12,17H,2-9H2,1H3. The second-order valence-corrected chi connectivity index (χ2v) is 5.78. The maximum Gasteiger partial charge on any atom is 0.393 e. The molecule has 0 aromatic carbocycles. The van der Waals surface area contributed by atoms with Gasteiger partial charge in [0.2, 0.25) is 0 Å². The van der Waals surface area contributed by atoms with Crippen LogP contribution in [0.5, 0.6) is 0 Å². The van der Waals surface area contributed by atoms with Gasteiger partial charge in [-0.25, -0.2) is 0 Å². The molecule has 1 aliphatic carbocycles. The third kappa shape index (κ3) is 3.60. The first kappa shape index (κ1) is 14.1. The van der Waals surface area contributed by atoms with Gasteiger partial charge in [-0.1, -0.05) is 12.8 Å². The third-order valence-electron chi connectivity index (χ3n) is 4.35. The zero-order chi connectivity index (χ0) is 13.2. The zero-order valence-electron chi connectivity index (χ0n) is 11.0. The van der Waals surface area contributed by atoms with E-state index in [1.54, 1.807) is 0 Å². The first-order valence-corrected chi connectivity index (χ1v) is 6.98. The summed E-state index contributed by atoms with van der Waals surface area (Å²) in [5.41, 5.74) is 0. The fourth-order valence-corrected chi connectivity index (χ4v) is 3.20. The lowest BCUT2D eigenvalue weighted by molar-refractivity contribution is -0.189. The highest BCUT2D eigenvalue weighted by Crippen LogP contribution is 2.38. The molecule has 18 heavy (non-hydrogen) atoms. The van der Waals surface area contributed by atoms with Crippen LogP contribution in [0.1, 0.15) is 38.5 Å². The van der Waals surface area contributed by atoms with Gasteiger partial charge in [-0.15, -0.1) is 0 Å². The molecule has 0 aromatic heterocycles.